The lowest BCUT2D eigenvalue weighted by molar-refractivity contribution is -0.00816. The van der Waals surface area contributed by atoms with Crippen molar-refractivity contribution in [1.29, 1.82) is 0 Å². The van der Waals surface area contributed by atoms with Crippen LogP contribution in [0.1, 0.15) is 6.92 Å². The summed E-state index contributed by atoms with van der Waals surface area (Å²) in [6, 6.07) is 0. The summed E-state index contributed by atoms with van der Waals surface area (Å²) in [6.07, 6.45) is -0.695. The second-order valence-corrected chi connectivity index (χ2v) is 2.47. The fraction of sp³-hybridized carbons (Fsp3) is 0.800. The first-order valence-electron chi connectivity index (χ1n) is 2.82. The van der Waals surface area contributed by atoms with Crippen LogP contribution in [0.5, 0.6) is 0 Å². The predicted octanol–water partition coefficient (Wildman–Crippen LogP) is -0.556. The molecular formula is C5H10N2O2. The minimum atomic E-state index is -0.695. The minimum Gasteiger partial charge on any atom is -0.441 e. The van der Waals surface area contributed by atoms with Gasteiger partial charge in [-0.1, -0.05) is 0 Å². The van der Waals surface area contributed by atoms with Crippen LogP contribution in [-0.4, -0.2) is 24.8 Å². The third-order valence-corrected chi connectivity index (χ3v) is 1.34. The standard InChI is InChI=1S/C5H10N2O2/c1-5(2-7-3-5)9-4(6)8/h7H,2-3H2,1H3,(H2,6,8). The first-order chi connectivity index (χ1) is 4.12. The van der Waals surface area contributed by atoms with Crippen LogP contribution in [0.2, 0.25) is 0 Å². The quantitative estimate of drug-likeness (QED) is 0.500. The van der Waals surface area contributed by atoms with Gasteiger partial charge in [0.15, 0.2) is 0 Å². The van der Waals surface area contributed by atoms with Gasteiger partial charge in [-0.2, -0.15) is 0 Å². The van der Waals surface area contributed by atoms with Gasteiger partial charge in [0, 0.05) is 13.1 Å². The second-order valence-electron chi connectivity index (χ2n) is 2.47. The molecule has 0 unspecified atom stereocenters. The van der Waals surface area contributed by atoms with Gasteiger partial charge in [0.2, 0.25) is 0 Å². The van der Waals surface area contributed by atoms with E-state index in [1.165, 1.54) is 0 Å². The molecule has 1 amide bonds. The van der Waals surface area contributed by atoms with Crippen molar-refractivity contribution in [3.63, 3.8) is 0 Å². The highest BCUT2D eigenvalue weighted by Gasteiger charge is 2.34. The molecule has 3 N–H and O–H groups in total. The highest BCUT2D eigenvalue weighted by atomic mass is 16.6. The minimum absolute atomic E-state index is 0.341. The normalized spacial score (nSPS) is 22.3. The van der Waals surface area contributed by atoms with Crippen LogP contribution in [0.15, 0.2) is 0 Å². The van der Waals surface area contributed by atoms with Crippen LogP contribution in [-0.2, 0) is 4.74 Å². The Morgan fingerprint density at radius 1 is 1.78 bits per heavy atom. The average Bonchev–Trinajstić information content (AvgIpc) is 1.60. The maximum atomic E-state index is 10.2. The summed E-state index contributed by atoms with van der Waals surface area (Å²) < 4.78 is 4.75. The molecule has 4 nitrogen and oxygen atoms in total. The molecule has 1 heterocycles. The van der Waals surface area contributed by atoms with Crippen LogP contribution in [0, 0.1) is 0 Å². The van der Waals surface area contributed by atoms with Crippen molar-refractivity contribution in [3.8, 4) is 0 Å². The van der Waals surface area contributed by atoms with Crippen molar-refractivity contribution >= 4 is 6.09 Å². The molecule has 0 aliphatic carbocycles. The number of primary amides is 1. The van der Waals surface area contributed by atoms with E-state index in [1.807, 2.05) is 6.92 Å². The Balaban J connectivity index is 2.33. The van der Waals surface area contributed by atoms with E-state index in [2.05, 4.69) is 5.32 Å². The summed E-state index contributed by atoms with van der Waals surface area (Å²) in [5.41, 5.74) is 4.46. The van der Waals surface area contributed by atoms with Crippen molar-refractivity contribution in [2.24, 2.45) is 5.73 Å². The fourth-order valence-electron chi connectivity index (χ4n) is 0.792. The van der Waals surface area contributed by atoms with Crippen molar-refractivity contribution < 1.29 is 9.53 Å². The topological polar surface area (TPSA) is 64.3 Å². The Morgan fingerprint density at radius 3 is 2.44 bits per heavy atom. The van der Waals surface area contributed by atoms with E-state index >= 15 is 0 Å². The highest BCUT2D eigenvalue weighted by molar-refractivity contribution is 5.65. The van der Waals surface area contributed by atoms with Gasteiger partial charge in [-0.05, 0) is 6.92 Å². The smallest absolute Gasteiger partial charge is 0.405 e. The van der Waals surface area contributed by atoms with E-state index < -0.39 is 6.09 Å². The van der Waals surface area contributed by atoms with Crippen LogP contribution in [0.25, 0.3) is 0 Å². The molecule has 0 aromatic heterocycles. The third-order valence-electron chi connectivity index (χ3n) is 1.34. The Labute approximate surface area is 53.4 Å². The van der Waals surface area contributed by atoms with Crippen LogP contribution >= 0.6 is 0 Å². The number of carbonyl (C=O) groups excluding carboxylic acids is 1. The Morgan fingerprint density at radius 2 is 2.33 bits per heavy atom. The average molecular weight is 130 g/mol. The first-order valence-corrected chi connectivity index (χ1v) is 2.82. The predicted molar refractivity (Wildman–Crippen MR) is 31.9 cm³/mol. The molecule has 1 rings (SSSR count). The van der Waals surface area contributed by atoms with Gasteiger partial charge in [-0.3, -0.25) is 0 Å². The second kappa shape index (κ2) is 1.88. The number of carbonyl (C=O) groups is 1. The zero-order valence-corrected chi connectivity index (χ0v) is 5.31. The first kappa shape index (κ1) is 6.35. The molecule has 9 heavy (non-hydrogen) atoms. The Hall–Kier alpha value is -0.770. The number of rotatable bonds is 1. The fourth-order valence-corrected chi connectivity index (χ4v) is 0.792. The summed E-state index contributed by atoms with van der Waals surface area (Å²) in [7, 11) is 0. The summed E-state index contributed by atoms with van der Waals surface area (Å²) in [6.45, 7) is 3.25. The van der Waals surface area contributed by atoms with Gasteiger partial charge in [0.25, 0.3) is 0 Å². The molecule has 0 saturated carbocycles. The summed E-state index contributed by atoms with van der Waals surface area (Å²) in [5.74, 6) is 0. The van der Waals surface area contributed by atoms with Gasteiger partial charge < -0.3 is 15.8 Å². The maximum absolute atomic E-state index is 10.2. The van der Waals surface area contributed by atoms with Crippen molar-refractivity contribution in [2.45, 2.75) is 12.5 Å². The monoisotopic (exact) mass is 130 g/mol. The number of nitrogens with two attached hydrogens (primary N) is 1. The number of amides is 1. The number of hydrogen-bond acceptors (Lipinski definition) is 3. The molecule has 1 fully saturated rings. The van der Waals surface area contributed by atoms with Gasteiger partial charge in [0.05, 0.1) is 0 Å². The summed E-state index contributed by atoms with van der Waals surface area (Å²) >= 11 is 0. The summed E-state index contributed by atoms with van der Waals surface area (Å²) in [4.78, 5) is 10.2. The van der Waals surface area contributed by atoms with E-state index in [0.717, 1.165) is 0 Å². The van der Waals surface area contributed by atoms with Crippen LogP contribution in [0.3, 0.4) is 0 Å². The number of ether oxygens (including phenoxy) is 1. The molecule has 0 spiro atoms. The molecule has 0 atom stereocenters. The lowest BCUT2D eigenvalue weighted by Gasteiger charge is -2.37. The maximum Gasteiger partial charge on any atom is 0.405 e. The van der Waals surface area contributed by atoms with E-state index in [-0.39, 0.29) is 5.60 Å². The van der Waals surface area contributed by atoms with E-state index in [0.29, 0.717) is 13.1 Å². The van der Waals surface area contributed by atoms with Crippen molar-refractivity contribution in [2.75, 3.05) is 13.1 Å². The molecule has 1 aliphatic rings. The zero-order chi connectivity index (χ0) is 6.91. The highest BCUT2D eigenvalue weighted by Crippen LogP contribution is 2.14. The molecule has 52 valence electrons. The Bertz CT molecular complexity index is 131. The van der Waals surface area contributed by atoms with E-state index in [4.69, 9.17) is 10.5 Å². The van der Waals surface area contributed by atoms with Crippen LogP contribution < -0.4 is 11.1 Å². The SMILES string of the molecule is CC1(OC(N)=O)CNC1. The molecule has 1 aliphatic heterocycles. The lowest BCUT2D eigenvalue weighted by atomic mass is 10.0. The molecule has 0 radical (unpaired) electrons. The number of hydrogen-bond donors (Lipinski definition) is 2. The van der Waals surface area contributed by atoms with Crippen LogP contribution in [0.4, 0.5) is 4.79 Å². The van der Waals surface area contributed by atoms with Crippen molar-refractivity contribution in [1.82, 2.24) is 5.32 Å². The zero-order valence-electron chi connectivity index (χ0n) is 5.31. The molecule has 0 bridgehead atoms. The van der Waals surface area contributed by atoms with Crippen molar-refractivity contribution in [3.05, 3.63) is 0 Å². The largest absolute Gasteiger partial charge is 0.441 e. The Kier molecular flexibility index (Phi) is 1.32. The molecule has 4 heteroatoms. The third kappa shape index (κ3) is 1.32. The van der Waals surface area contributed by atoms with E-state index in [1.54, 1.807) is 0 Å². The summed E-state index contributed by atoms with van der Waals surface area (Å²) in [5, 5.41) is 2.97. The molecule has 0 aromatic rings. The van der Waals surface area contributed by atoms with Gasteiger partial charge in [-0.25, -0.2) is 4.79 Å². The molecular weight excluding hydrogens is 120 g/mol. The van der Waals surface area contributed by atoms with Gasteiger partial charge >= 0.3 is 6.09 Å². The van der Waals surface area contributed by atoms with Gasteiger partial charge in [0.1, 0.15) is 5.60 Å². The molecule has 0 aromatic carbocycles. The molecule has 1 saturated heterocycles. The van der Waals surface area contributed by atoms with E-state index in [9.17, 15) is 4.79 Å². The van der Waals surface area contributed by atoms with Gasteiger partial charge in [-0.15, -0.1) is 0 Å². The number of nitrogens with one attached hydrogen (secondary N) is 1. The lowest BCUT2D eigenvalue weighted by Crippen LogP contribution is -2.60.